The Hall–Kier alpha value is -1.86. The van der Waals surface area contributed by atoms with Crippen LogP contribution in [0.3, 0.4) is 0 Å². The van der Waals surface area contributed by atoms with Crippen LogP contribution in [-0.4, -0.2) is 63.9 Å². The van der Waals surface area contributed by atoms with E-state index < -0.39 is 63.8 Å². The van der Waals surface area contributed by atoms with Crippen molar-refractivity contribution >= 4 is 19.6 Å². The minimum absolute atomic E-state index is 0.00688. The molecule has 0 saturated carbocycles. The first-order valence-corrected chi connectivity index (χ1v) is 16.7. The lowest BCUT2D eigenvalue weighted by Crippen LogP contribution is -2.29. The number of hydrogen-bond donors (Lipinski definition) is 3. The highest BCUT2D eigenvalue weighted by Gasteiger charge is 2.36. The summed E-state index contributed by atoms with van der Waals surface area (Å²) in [6.07, 6.45) is 12.8. The topological polar surface area (TPSA) is 195 Å². The van der Waals surface area contributed by atoms with Crippen molar-refractivity contribution in [2.75, 3.05) is 25.6 Å². The third-order valence-electron chi connectivity index (χ3n) is 7.11. The number of rotatable bonds is 23. The van der Waals surface area contributed by atoms with E-state index >= 15 is 0 Å². The fraction of sp³-hybridized carbons (Fsp3) is 0.821. The maximum absolute atomic E-state index is 12.1. The van der Waals surface area contributed by atoms with Crippen molar-refractivity contribution in [1.82, 2.24) is 9.55 Å². The molecule has 242 valence electrons. The number of carbonyl (C=O) groups excluding carboxylic acids is 1. The van der Waals surface area contributed by atoms with Crippen LogP contribution in [0.2, 0.25) is 0 Å². The van der Waals surface area contributed by atoms with Gasteiger partial charge >= 0.3 is 11.7 Å². The van der Waals surface area contributed by atoms with Gasteiger partial charge in [0.1, 0.15) is 30.9 Å². The Balaban J connectivity index is 1.50. The summed E-state index contributed by atoms with van der Waals surface area (Å²) in [4.78, 5) is 39.5. The van der Waals surface area contributed by atoms with E-state index in [9.17, 15) is 29.3 Å². The third kappa shape index (κ3) is 15.0. The van der Waals surface area contributed by atoms with Crippen LogP contribution in [0.25, 0.3) is 0 Å². The Morgan fingerprint density at radius 3 is 2.29 bits per heavy atom. The molecule has 1 fully saturated rings. The lowest BCUT2D eigenvalue weighted by molar-refractivity contribution is -0.230. The quantitative estimate of drug-likeness (QED) is 0.0920. The molecule has 0 aliphatic carbocycles. The lowest BCUT2D eigenvalue weighted by Gasteiger charge is -2.26. The average molecular weight is 619 g/mol. The second-order valence-electron chi connectivity index (χ2n) is 10.8. The molecule has 4 N–H and O–H groups in total. The Labute approximate surface area is 248 Å². The van der Waals surface area contributed by atoms with Gasteiger partial charge in [0.2, 0.25) is 0 Å². The molecule has 1 aromatic heterocycles. The predicted molar refractivity (Wildman–Crippen MR) is 154 cm³/mol. The number of ether oxygens (including phenoxy) is 2. The smallest absolute Gasteiger partial charge is 0.351 e. The summed E-state index contributed by atoms with van der Waals surface area (Å²) in [5.41, 5.74) is 4.79. The maximum atomic E-state index is 12.1. The molecule has 1 aliphatic rings. The molecule has 0 amide bonds. The van der Waals surface area contributed by atoms with Gasteiger partial charge in [-0.15, -0.1) is 0 Å². The van der Waals surface area contributed by atoms with E-state index in [0.717, 1.165) is 23.8 Å². The first-order chi connectivity index (χ1) is 20.1. The number of phosphoric ester groups is 1. The molecule has 1 aromatic rings. The molecule has 1 unspecified atom stereocenters. The molecule has 1 aliphatic heterocycles. The lowest BCUT2D eigenvalue weighted by atomic mass is 10.0. The highest BCUT2D eigenvalue weighted by atomic mass is 31.2. The molecular formula is C28H49N3O10P-. The minimum atomic E-state index is -4.86. The number of aliphatic hydroxyl groups excluding tert-OH is 2. The highest BCUT2D eigenvalue weighted by molar-refractivity contribution is 7.45. The number of nitrogens with two attached hydrogens (primary N) is 1. The van der Waals surface area contributed by atoms with Crippen LogP contribution in [0.5, 0.6) is 0 Å². The van der Waals surface area contributed by atoms with Crippen molar-refractivity contribution in [1.29, 1.82) is 0 Å². The standard InChI is InChI=1S/C28H50N3O10P/c1-2-3-4-5-6-7-8-9-10-11-12-13-14-15-27(34)38-19-22(32)20-39-42(36,37)40-21-24-23(33)18-26(41-24)31-17-16-25(29)30-28(31)35/h16-17,22-24,26,32-33H,2-15,18-21H2,1H3,(H,36,37)(H2,29,30,35)/p-1/t22-,23+,24-,26-/m1/s1. The molecule has 42 heavy (non-hydrogen) atoms. The second-order valence-corrected chi connectivity index (χ2v) is 12.3. The SMILES string of the molecule is CCCCCCCCCCCCCCCC(=O)OC[C@@H](O)COP(=O)([O-])OC[C@H]1O[C@@H](n2ccc(N)nc2=O)C[C@@H]1O. The van der Waals surface area contributed by atoms with Gasteiger partial charge in [-0.25, -0.2) is 4.79 Å². The van der Waals surface area contributed by atoms with E-state index in [1.54, 1.807) is 0 Å². The monoisotopic (exact) mass is 618 g/mol. The fourth-order valence-electron chi connectivity index (χ4n) is 4.66. The first kappa shape index (κ1) is 36.3. The van der Waals surface area contributed by atoms with E-state index in [2.05, 4.69) is 16.4 Å². The van der Waals surface area contributed by atoms with Crippen molar-refractivity contribution in [2.45, 2.75) is 128 Å². The molecule has 13 nitrogen and oxygen atoms in total. The first-order valence-electron chi connectivity index (χ1n) is 15.2. The van der Waals surface area contributed by atoms with Crippen LogP contribution in [-0.2, 0) is 27.9 Å². The van der Waals surface area contributed by atoms with Crippen LogP contribution in [0.1, 0.15) is 109 Å². The molecule has 0 radical (unpaired) electrons. The number of nitrogen functional groups attached to an aromatic ring is 1. The number of hydrogen-bond acceptors (Lipinski definition) is 12. The van der Waals surface area contributed by atoms with Crippen LogP contribution < -0.4 is 16.3 Å². The summed E-state index contributed by atoms with van der Waals surface area (Å²) in [5.74, 6) is -0.429. The predicted octanol–water partition coefficient (Wildman–Crippen LogP) is 3.36. The van der Waals surface area contributed by atoms with Crippen LogP contribution >= 0.6 is 7.82 Å². The van der Waals surface area contributed by atoms with E-state index in [0.29, 0.717) is 6.42 Å². The Morgan fingerprint density at radius 1 is 1.10 bits per heavy atom. The molecule has 0 aromatic carbocycles. The third-order valence-corrected chi connectivity index (χ3v) is 8.04. The number of aliphatic hydroxyl groups is 2. The zero-order valence-corrected chi connectivity index (χ0v) is 25.7. The Kier molecular flexibility index (Phi) is 17.4. The van der Waals surface area contributed by atoms with Gasteiger partial charge in [-0.1, -0.05) is 84.0 Å². The number of carbonyl (C=O) groups is 1. The molecule has 0 spiro atoms. The number of unbranched alkanes of at least 4 members (excludes halogenated alkanes) is 12. The zero-order chi connectivity index (χ0) is 30.8. The summed E-state index contributed by atoms with van der Waals surface area (Å²) in [5, 5.41) is 20.1. The Morgan fingerprint density at radius 2 is 1.69 bits per heavy atom. The zero-order valence-electron chi connectivity index (χ0n) is 24.8. The molecule has 0 bridgehead atoms. The summed E-state index contributed by atoms with van der Waals surface area (Å²) in [6, 6.07) is 1.39. The van der Waals surface area contributed by atoms with Gasteiger partial charge in [0, 0.05) is 19.0 Å². The van der Waals surface area contributed by atoms with E-state index in [1.807, 2.05) is 0 Å². The van der Waals surface area contributed by atoms with E-state index in [4.69, 9.17) is 19.7 Å². The number of esters is 1. The second kappa shape index (κ2) is 20.2. The van der Waals surface area contributed by atoms with E-state index in [-0.39, 0.29) is 18.7 Å². The number of anilines is 1. The minimum Gasteiger partial charge on any atom is -0.756 e. The average Bonchev–Trinajstić information content (AvgIpc) is 3.32. The van der Waals surface area contributed by atoms with Gasteiger partial charge < -0.3 is 39.4 Å². The molecule has 5 atom stereocenters. The molecule has 2 heterocycles. The fourth-order valence-corrected chi connectivity index (χ4v) is 5.42. The maximum Gasteiger partial charge on any atom is 0.351 e. The summed E-state index contributed by atoms with van der Waals surface area (Å²) in [7, 11) is -4.86. The largest absolute Gasteiger partial charge is 0.756 e. The van der Waals surface area contributed by atoms with Gasteiger partial charge in [0.05, 0.1) is 19.3 Å². The van der Waals surface area contributed by atoms with Crippen molar-refractivity contribution in [3.8, 4) is 0 Å². The number of nitrogens with zero attached hydrogens (tertiary/aromatic N) is 2. The van der Waals surface area contributed by atoms with Gasteiger partial charge in [0.15, 0.2) is 0 Å². The van der Waals surface area contributed by atoms with Crippen LogP contribution in [0, 0.1) is 0 Å². The summed E-state index contributed by atoms with van der Waals surface area (Å²) >= 11 is 0. The molecule has 14 heteroatoms. The van der Waals surface area contributed by atoms with Crippen LogP contribution in [0.4, 0.5) is 5.82 Å². The van der Waals surface area contributed by atoms with Gasteiger partial charge in [0.25, 0.3) is 7.82 Å². The highest BCUT2D eigenvalue weighted by Crippen LogP contribution is 2.40. The molecular weight excluding hydrogens is 569 g/mol. The van der Waals surface area contributed by atoms with E-state index in [1.165, 1.54) is 70.1 Å². The summed E-state index contributed by atoms with van der Waals surface area (Å²) < 4.78 is 33.2. The Bertz CT molecular complexity index is 1010. The number of phosphoric acid groups is 1. The summed E-state index contributed by atoms with van der Waals surface area (Å²) in [6.45, 7) is 0.581. The molecule has 2 rings (SSSR count). The molecule has 1 saturated heterocycles. The van der Waals surface area contributed by atoms with Crippen molar-refractivity contribution in [2.24, 2.45) is 0 Å². The van der Waals surface area contributed by atoms with Gasteiger partial charge in [-0.05, 0) is 12.5 Å². The van der Waals surface area contributed by atoms with Crippen molar-refractivity contribution < 1.29 is 43.0 Å². The van der Waals surface area contributed by atoms with Gasteiger partial charge in [-0.2, -0.15) is 4.98 Å². The normalized spacial score (nSPS) is 20.8. The van der Waals surface area contributed by atoms with Crippen LogP contribution in [0.15, 0.2) is 17.1 Å². The van der Waals surface area contributed by atoms with Crippen molar-refractivity contribution in [3.63, 3.8) is 0 Å². The number of aromatic nitrogens is 2. The van der Waals surface area contributed by atoms with Crippen molar-refractivity contribution in [3.05, 3.63) is 22.7 Å². The van der Waals surface area contributed by atoms with Gasteiger partial charge in [-0.3, -0.25) is 13.9 Å².